The van der Waals surface area contributed by atoms with Crippen LogP contribution in [-0.4, -0.2) is 0 Å². The third-order valence-corrected chi connectivity index (χ3v) is 16.0. The number of hydrogen-bond donors (Lipinski definition) is 0. The van der Waals surface area contributed by atoms with Crippen molar-refractivity contribution in [3.8, 4) is 66.8 Å². The lowest BCUT2D eigenvalue weighted by Crippen LogP contribution is -2.12. The number of benzene rings is 14. The van der Waals surface area contributed by atoms with Crippen molar-refractivity contribution in [1.82, 2.24) is 0 Å². The predicted molar refractivity (Wildman–Crippen MR) is 340 cm³/mol. The van der Waals surface area contributed by atoms with E-state index < -0.39 is 0 Å². The van der Waals surface area contributed by atoms with Crippen LogP contribution in [0.4, 0.5) is 17.1 Å². The Bertz CT molecular complexity index is 4480. The Morgan fingerprint density at radius 2 is 0.662 bits per heavy atom. The molecule has 0 aliphatic carbocycles. The summed E-state index contributed by atoms with van der Waals surface area (Å²) >= 11 is 0. The van der Waals surface area contributed by atoms with Gasteiger partial charge in [0.15, 0.2) is 0 Å². The molecule has 1 atom stereocenters. The first-order chi connectivity index (χ1) is 39.7. The standard InChI is InChI=1S/C79H55N/c1-5-21-55(22-6-1)64-33-17-35-66(49-64)79(63-43-41-61(42-44-63)73-39-19-31-58-29-13-15-37-71(58)73)77-54-76-68(52-75(77)60-27-11-4-12-28-60)50-67(57-25-9-3-10-26-57)53-78(76)80(70-36-18-34-65(51-70)56-23-7-2-8-24-56)69-47-45-62(46-48-69)74-40-20-32-59-30-14-16-38-72(59)74/h1-54,79H. The molecule has 14 aromatic carbocycles. The van der Waals surface area contributed by atoms with Gasteiger partial charge in [-0.25, -0.2) is 0 Å². The van der Waals surface area contributed by atoms with Crippen molar-refractivity contribution in [1.29, 1.82) is 0 Å². The van der Waals surface area contributed by atoms with E-state index in [1.807, 2.05) is 0 Å². The maximum absolute atomic E-state index is 2.53. The molecule has 1 unspecified atom stereocenters. The summed E-state index contributed by atoms with van der Waals surface area (Å²) in [5, 5.41) is 7.27. The molecule has 80 heavy (non-hydrogen) atoms. The summed E-state index contributed by atoms with van der Waals surface area (Å²) in [6.07, 6.45) is 0. The van der Waals surface area contributed by atoms with Gasteiger partial charge in [0.05, 0.1) is 5.69 Å². The Morgan fingerprint density at radius 3 is 1.25 bits per heavy atom. The zero-order chi connectivity index (χ0) is 53.2. The van der Waals surface area contributed by atoms with Crippen LogP contribution in [0.5, 0.6) is 0 Å². The fourth-order valence-corrected chi connectivity index (χ4v) is 12.1. The first kappa shape index (κ1) is 48.1. The van der Waals surface area contributed by atoms with E-state index in [0.29, 0.717) is 0 Å². The second kappa shape index (κ2) is 21.2. The first-order valence-corrected chi connectivity index (χ1v) is 27.7. The summed E-state index contributed by atoms with van der Waals surface area (Å²) in [6.45, 7) is 0. The van der Waals surface area contributed by atoms with Gasteiger partial charge in [0.25, 0.3) is 0 Å². The summed E-state index contributed by atoms with van der Waals surface area (Å²) in [5.74, 6) is -0.156. The SMILES string of the molecule is c1ccc(-c2cccc(C(c3ccc(-c4cccc5ccccc45)cc3)c3cc4c(N(c5ccc(-c6cccc7ccccc67)cc5)c5cccc(-c6ccccc6)c5)cc(-c5ccccc5)cc4cc3-c3ccccc3)c2)cc1. The van der Waals surface area contributed by atoms with E-state index in [0.717, 1.165) is 44.5 Å². The van der Waals surface area contributed by atoms with Gasteiger partial charge in [0.1, 0.15) is 0 Å². The fraction of sp³-hybridized carbons (Fsp3) is 0.0127. The highest BCUT2D eigenvalue weighted by Gasteiger charge is 2.26. The number of rotatable bonds is 12. The molecule has 1 nitrogen and oxygen atoms in total. The molecule has 0 radical (unpaired) electrons. The van der Waals surface area contributed by atoms with Crippen LogP contribution in [0.1, 0.15) is 22.6 Å². The van der Waals surface area contributed by atoms with Gasteiger partial charge >= 0.3 is 0 Å². The van der Waals surface area contributed by atoms with Crippen molar-refractivity contribution in [2.45, 2.75) is 5.92 Å². The minimum atomic E-state index is -0.156. The Kier molecular flexibility index (Phi) is 12.8. The van der Waals surface area contributed by atoms with Crippen molar-refractivity contribution in [2.24, 2.45) is 0 Å². The average molecular weight is 1020 g/mol. The average Bonchev–Trinajstić information content (AvgIpc) is 3.70. The van der Waals surface area contributed by atoms with E-state index in [-0.39, 0.29) is 5.92 Å². The van der Waals surface area contributed by atoms with Gasteiger partial charge in [0, 0.05) is 22.7 Å². The Morgan fingerprint density at radius 1 is 0.212 bits per heavy atom. The summed E-state index contributed by atoms with van der Waals surface area (Å²) in [4.78, 5) is 2.49. The van der Waals surface area contributed by atoms with E-state index in [2.05, 4.69) is 332 Å². The fourth-order valence-electron chi connectivity index (χ4n) is 12.1. The van der Waals surface area contributed by atoms with Crippen LogP contribution >= 0.6 is 0 Å². The molecule has 0 saturated heterocycles. The topological polar surface area (TPSA) is 3.24 Å². The van der Waals surface area contributed by atoms with Gasteiger partial charge < -0.3 is 4.90 Å². The number of fused-ring (bicyclic) bond motifs is 3. The lowest BCUT2D eigenvalue weighted by molar-refractivity contribution is 0.983. The molecule has 0 bridgehead atoms. The van der Waals surface area contributed by atoms with Crippen molar-refractivity contribution >= 4 is 49.4 Å². The van der Waals surface area contributed by atoms with Crippen LogP contribution < -0.4 is 4.90 Å². The Hall–Kier alpha value is -10.3. The van der Waals surface area contributed by atoms with Crippen molar-refractivity contribution in [2.75, 3.05) is 4.90 Å². The monoisotopic (exact) mass is 1020 g/mol. The van der Waals surface area contributed by atoms with Crippen LogP contribution in [0.15, 0.2) is 328 Å². The zero-order valence-corrected chi connectivity index (χ0v) is 44.2. The smallest absolute Gasteiger partial charge is 0.0546 e. The van der Waals surface area contributed by atoms with Crippen molar-refractivity contribution < 1.29 is 0 Å². The molecule has 376 valence electrons. The van der Waals surface area contributed by atoms with E-state index in [4.69, 9.17) is 0 Å². The lowest BCUT2D eigenvalue weighted by Gasteiger charge is -2.30. The highest BCUT2D eigenvalue weighted by atomic mass is 15.1. The summed E-state index contributed by atoms with van der Waals surface area (Å²) in [7, 11) is 0. The van der Waals surface area contributed by atoms with Crippen molar-refractivity contribution in [3.63, 3.8) is 0 Å². The van der Waals surface area contributed by atoms with E-state index in [1.54, 1.807) is 0 Å². The molecule has 0 amide bonds. The van der Waals surface area contributed by atoms with E-state index >= 15 is 0 Å². The van der Waals surface area contributed by atoms with Gasteiger partial charge in [-0.3, -0.25) is 0 Å². The quantitative estimate of drug-likeness (QED) is 0.110. The molecule has 0 fully saturated rings. The van der Waals surface area contributed by atoms with Crippen LogP contribution in [-0.2, 0) is 0 Å². The molecule has 14 rings (SSSR count). The third kappa shape index (κ3) is 9.31. The summed E-state index contributed by atoms with van der Waals surface area (Å²) in [5.41, 5.74) is 21.1. The van der Waals surface area contributed by atoms with Crippen LogP contribution in [0.3, 0.4) is 0 Å². The molecule has 0 N–H and O–H groups in total. The minimum absolute atomic E-state index is 0.156. The minimum Gasteiger partial charge on any atom is -0.310 e. The molecule has 1 heteroatoms. The molecule has 0 heterocycles. The summed E-state index contributed by atoms with van der Waals surface area (Å²) in [6, 6.07) is 121. The molecular formula is C79H55N. The molecule has 0 aliphatic rings. The van der Waals surface area contributed by atoms with Gasteiger partial charge in [-0.05, 0) is 159 Å². The normalized spacial score (nSPS) is 11.7. The maximum Gasteiger partial charge on any atom is 0.0546 e. The van der Waals surface area contributed by atoms with Gasteiger partial charge in [-0.1, -0.05) is 279 Å². The number of hydrogen-bond acceptors (Lipinski definition) is 1. The van der Waals surface area contributed by atoms with Gasteiger partial charge in [0.2, 0.25) is 0 Å². The van der Waals surface area contributed by atoms with E-state index in [9.17, 15) is 0 Å². The van der Waals surface area contributed by atoms with Crippen LogP contribution in [0.2, 0.25) is 0 Å². The molecule has 14 aromatic rings. The van der Waals surface area contributed by atoms with Gasteiger partial charge in [-0.15, -0.1) is 0 Å². The Labute approximate surface area is 468 Å². The van der Waals surface area contributed by atoms with Crippen molar-refractivity contribution in [3.05, 3.63) is 344 Å². The lowest BCUT2D eigenvalue weighted by atomic mass is 9.79. The van der Waals surface area contributed by atoms with Crippen LogP contribution in [0.25, 0.3) is 99.1 Å². The second-order valence-electron chi connectivity index (χ2n) is 20.8. The highest BCUT2D eigenvalue weighted by molar-refractivity contribution is 6.05. The third-order valence-electron chi connectivity index (χ3n) is 16.0. The molecular weight excluding hydrogens is 963 g/mol. The maximum atomic E-state index is 2.53. The molecule has 0 spiro atoms. The number of anilines is 3. The number of nitrogens with zero attached hydrogens (tertiary/aromatic N) is 1. The summed E-state index contributed by atoms with van der Waals surface area (Å²) < 4.78 is 0. The second-order valence-corrected chi connectivity index (χ2v) is 20.8. The van der Waals surface area contributed by atoms with Crippen LogP contribution in [0, 0.1) is 0 Å². The van der Waals surface area contributed by atoms with E-state index in [1.165, 1.54) is 88.3 Å². The highest BCUT2D eigenvalue weighted by Crippen LogP contribution is 2.48. The van der Waals surface area contributed by atoms with Gasteiger partial charge in [-0.2, -0.15) is 0 Å². The largest absolute Gasteiger partial charge is 0.310 e. The molecule has 0 saturated carbocycles. The first-order valence-electron chi connectivity index (χ1n) is 27.7. The molecule has 0 aromatic heterocycles. The Balaban J connectivity index is 1.04. The zero-order valence-electron chi connectivity index (χ0n) is 44.2. The predicted octanol–water partition coefficient (Wildman–Crippen LogP) is 21.8. The molecule has 0 aliphatic heterocycles.